The molecular weight excluding hydrogens is 300 g/mol. The van der Waals surface area contributed by atoms with Crippen LogP contribution in [-0.4, -0.2) is 29.3 Å². The third-order valence-electron chi connectivity index (χ3n) is 5.45. The zero-order chi connectivity index (χ0) is 16.9. The highest BCUT2D eigenvalue weighted by Crippen LogP contribution is 2.25. The first kappa shape index (κ1) is 17.0. The molecule has 0 spiro atoms. The van der Waals surface area contributed by atoms with Gasteiger partial charge in [0, 0.05) is 19.0 Å². The van der Waals surface area contributed by atoms with Crippen LogP contribution < -0.4 is 5.32 Å². The van der Waals surface area contributed by atoms with E-state index in [-0.39, 0.29) is 23.8 Å². The Morgan fingerprint density at radius 2 is 1.83 bits per heavy atom. The van der Waals surface area contributed by atoms with E-state index in [4.69, 9.17) is 0 Å². The minimum Gasteiger partial charge on any atom is -0.344 e. The molecule has 1 heterocycles. The minimum atomic E-state index is -0.343. The Morgan fingerprint density at radius 3 is 2.58 bits per heavy atom. The molecule has 2 amide bonds. The Balaban J connectivity index is 1.66. The summed E-state index contributed by atoms with van der Waals surface area (Å²) in [6, 6.07) is 7.86. The largest absolute Gasteiger partial charge is 0.344 e. The van der Waals surface area contributed by atoms with Gasteiger partial charge in [0.25, 0.3) is 0 Å². The number of carbonyl (C=O) groups excluding carboxylic acids is 2. The SMILES string of the molecule is Cc1ccccc1CN1CCCCC(NC(=O)C2CCCC2)C1=O. The predicted octanol–water partition coefficient (Wildman–Crippen LogP) is 3.18. The summed E-state index contributed by atoms with van der Waals surface area (Å²) >= 11 is 0. The normalized spacial score (nSPS) is 22.5. The summed E-state index contributed by atoms with van der Waals surface area (Å²) in [6.45, 7) is 3.50. The average molecular weight is 328 g/mol. The van der Waals surface area contributed by atoms with Crippen molar-refractivity contribution >= 4 is 11.8 Å². The van der Waals surface area contributed by atoms with Crippen molar-refractivity contribution in [3.63, 3.8) is 0 Å². The van der Waals surface area contributed by atoms with Gasteiger partial charge in [0.15, 0.2) is 0 Å². The van der Waals surface area contributed by atoms with Gasteiger partial charge < -0.3 is 10.2 Å². The van der Waals surface area contributed by atoms with E-state index in [2.05, 4.69) is 24.4 Å². The monoisotopic (exact) mass is 328 g/mol. The summed E-state index contributed by atoms with van der Waals surface area (Å²) in [7, 11) is 0. The fraction of sp³-hybridized carbons (Fsp3) is 0.600. The fourth-order valence-electron chi connectivity index (χ4n) is 3.87. The van der Waals surface area contributed by atoms with Gasteiger partial charge >= 0.3 is 0 Å². The lowest BCUT2D eigenvalue weighted by atomic mass is 10.1. The summed E-state index contributed by atoms with van der Waals surface area (Å²) in [5, 5.41) is 3.05. The smallest absolute Gasteiger partial charge is 0.245 e. The van der Waals surface area contributed by atoms with Crippen molar-refractivity contribution in [3.05, 3.63) is 35.4 Å². The van der Waals surface area contributed by atoms with Crippen molar-refractivity contribution < 1.29 is 9.59 Å². The van der Waals surface area contributed by atoms with Gasteiger partial charge in [-0.3, -0.25) is 9.59 Å². The van der Waals surface area contributed by atoms with E-state index in [9.17, 15) is 9.59 Å². The van der Waals surface area contributed by atoms with Gasteiger partial charge in [-0.15, -0.1) is 0 Å². The summed E-state index contributed by atoms with van der Waals surface area (Å²) in [5.74, 6) is 0.288. The van der Waals surface area contributed by atoms with Crippen LogP contribution in [0.2, 0.25) is 0 Å². The van der Waals surface area contributed by atoms with Gasteiger partial charge in [0.1, 0.15) is 6.04 Å². The van der Waals surface area contributed by atoms with E-state index in [0.717, 1.165) is 51.5 Å². The minimum absolute atomic E-state index is 0.0853. The number of likely N-dealkylation sites (tertiary alicyclic amines) is 1. The molecule has 1 aromatic carbocycles. The van der Waals surface area contributed by atoms with Crippen molar-refractivity contribution in [2.75, 3.05) is 6.54 Å². The molecule has 1 N–H and O–H groups in total. The third kappa shape index (κ3) is 3.97. The summed E-state index contributed by atoms with van der Waals surface area (Å²) in [6.07, 6.45) is 6.98. The predicted molar refractivity (Wildman–Crippen MR) is 94.3 cm³/mol. The molecule has 1 atom stereocenters. The molecule has 1 aromatic rings. The number of aryl methyl sites for hydroxylation is 1. The van der Waals surface area contributed by atoms with Crippen LogP contribution in [0.25, 0.3) is 0 Å². The molecule has 1 unspecified atom stereocenters. The van der Waals surface area contributed by atoms with Crippen molar-refractivity contribution in [2.24, 2.45) is 5.92 Å². The first-order valence-electron chi connectivity index (χ1n) is 9.29. The molecule has 4 heteroatoms. The Morgan fingerprint density at radius 1 is 1.12 bits per heavy atom. The molecule has 2 fully saturated rings. The van der Waals surface area contributed by atoms with E-state index < -0.39 is 0 Å². The number of carbonyl (C=O) groups is 2. The van der Waals surface area contributed by atoms with Crippen LogP contribution in [0.15, 0.2) is 24.3 Å². The van der Waals surface area contributed by atoms with Gasteiger partial charge in [0.05, 0.1) is 0 Å². The van der Waals surface area contributed by atoms with Crippen LogP contribution in [0.5, 0.6) is 0 Å². The number of amides is 2. The second kappa shape index (κ2) is 7.82. The quantitative estimate of drug-likeness (QED) is 0.923. The highest BCUT2D eigenvalue weighted by atomic mass is 16.2. The van der Waals surface area contributed by atoms with Gasteiger partial charge in [-0.2, -0.15) is 0 Å². The molecule has 3 rings (SSSR count). The second-order valence-corrected chi connectivity index (χ2v) is 7.22. The highest BCUT2D eigenvalue weighted by Gasteiger charge is 2.31. The van der Waals surface area contributed by atoms with Gasteiger partial charge in [0.2, 0.25) is 11.8 Å². The number of nitrogens with zero attached hydrogens (tertiary/aromatic N) is 1. The molecule has 130 valence electrons. The fourth-order valence-corrected chi connectivity index (χ4v) is 3.87. The maximum Gasteiger partial charge on any atom is 0.245 e. The molecule has 0 bridgehead atoms. The lowest BCUT2D eigenvalue weighted by Crippen LogP contribution is -2.48. The van der Waals surface area contributed by atoms with Crippen LogP contribution in [0.4, 0.5) is 0 Å². The van der Waals surface area contributed by atoms with Crippen LogP contribution >= 0.6 is 0 Å². The number of benzene rings is 1. The molecular formula is C20H28N2O2. The molecule has 1 aliphatic heterocycles. The molecule has 24 heavy (non-hydrogen) atoms. The van der Waals surface area contributed by atoms with E-state index in [1.807, 2.05) is 17.0 Å². The lowest BCUT2D eigenvalue weighted by molar-refractivity contribution is -0.137. The summed E-state index contributed by atoms with van der Waals surface area (Å²) < 4.78 is 0. The Labute approximate surface area is 144 Å². The van der Waals surface area contributed by atoms with E-state index in [0.29, 0.717) is 6.54 Å². The van der Waals surface area contributed by atoms with E-state index in [1.165, 1.54) is 11.1 Å². The van der Waals surface area contributed by atoms with Crippen LogP contribution in [0, 0.1) is 12.8 Å². The maximum atomic E-state index is 12.9. The summed E-state index contributed by atoms with van der Waals surface area (Å²) in [4.78, 5) is 27.3. The van der Waals surface area contributed by atoms with Gasteiger partial charge in [-0.1, -0.05) is 37.1 Å². The molecule has 0 aromatic heterocycles. The molecule has 1 saturated heterocycles. The second-order valence-electron chi connectivity index (χ2n) is 7.22. The first-order valence-corrected chi connectivity index (χ1v) is 9.29. The van der Waals surface area contributed by atoms with Gasteiger partial charge in [-0.25, -0.2) is 0 Å². The van der Waals surface area contributed by atoms with Crippen molar-refractivity contribution in [1.29, 1.82) is 0 Å². The number of hydrogen-bond donors (Lipinski definition) is 1. The van der Waals surface area contributed by atoms with Crippen molar-refractivity contribution in [2.45, 2.75) is 64.5 Å². The van der Waals surface area contributed by atoms with Crippen molar-refractivity contribution in [1.82, 2.24) is 10.2 Å². The molecule has 2 aliphatic rings. The lowest BCUT2D eigenvalue weighted by Gasteiger charge is -2.26. The van der Waals surface area contributed by atoms with E-state index in [1.54, 1.807) is 0 Å². The Kier molecular flexibility index (Phi) is 5.54. The third-order valence-corrected chi connectivity index (χ3v) is 5.45. The number of rotatable bonds is 4. The molecule has 4 nitrogen and oxygen atoms in total. The molecule has 0 radical (unpaired) electrons. The standard InChI is InChI=1S/C20H28N2O2/c1-15-8-2-3-11-17(15)14-22-13-7-6-12-18(20(22)24)21-19(23)16-9-4-5-10-16/h2-3,8,11,16,18H,4-7,9-10,12-14H2,1H3,(H,21,23). The van der Waals surface area contributed by atoms with Crippen molar-refractivity contribution in [3.8, 4) is 0 Å². The first-order chi connectivity index (χ1) is 11.6. The molecule has 1 aliphatic carbocycles. The zero-order valence-corrected chi connectivity index (χ0v) is 14.6. The van der Waals surface area contributed by atoms with Crippen LogP contribution in [-0.2, 0) is 16.1 Å². The average Bonchev–Trinajstić information content (AvgIpc) is 3.06. The topological polar surface area (TPSA) is 49.4 Å². The summed E-state index contributed by atoms with van der Waals surface area (Å²) in [5.41, 5.74) is 2.40. The zero-order valence-electron chi connectivity index (χ0n) is 14.6. The maximum absolute atomic E-state index is 12.9. The van der Waals surface area contributed by atoms with Crippen LogP contribution in [0.1, 0.15) is 56.1 Å². The Hall–Kier alpha value is -1.84. The van der Waals surface area contributed by atoms with E-state index >= 15 is 0 Å². The molecule has 1 saturated carbocycles. The Bertz CT molecular complexity index is 593. The number of hydrogen-bond acceptors (Lipinski definition) is 2. The van der Waals surface area contributed by atoms with Crippen LogP contribution in [0.3, 0.4) is 0 Å². The highest BCUT2D eigenvalue weighted by molar-refractivity contribution is 5.88. The van der Waals surface area contributed by atoms with Gasteiger partial charge in [-0.05, 0) is 50.2 Å². The number of nitrogens with one attached hydrogen (secondary N) is 1.